The SMILES string of the molecule is CCCCCCCCOc1cnc(-c2ccc(C3(CC)O[C@H]3C)cc2OCCCCCCCC)nc1. The normalized spacial score (nSPS) is 18.8. The molecule has 1 aromatic heterocycles. The molecule has 200 valence electrons. The van der Waals surface area contributed by atoms with Crippen molar-refractivity contribution < 1.29 is 14.2 Å². The molecule has 5 heteroatoms. The Morgan fingerprint density at radius 3 is 1.89 bits per heavy atom. The maximum absolute atomic E-state index is 6.32. The number of ether oxygens (including phenoxy) is 3. The van der Waals surface area contributed by atoms with E-state index < -0.39 is 0 Å². The fourth-order valence-electron chi connectivity index (χ4n) is 4.92. The van der Waals surface area contributed by atoms with Gasteiger partial charge in [-0.15, -0.1) is 0 Å². The van der Waals surface area contributed by atoms with E-state index in [1.54, 1.807) is 12.4 Å². The van der Waals surface area contributed by atoms with Crippen molar-refractivity contribution in [3.8, 4) is 22.9 Å². The Balaban J connectivity index is 1.61. The fourth-order valence-corrected chi connectivity index (χ4v) is 4.92. The molecule has 36 heavy (non-hydrogen) atoms. The van der Waals surface area contributed by atoms with Gasteiger partial charge < -0.3 is 14.2 Å². The van der Waals surface area contributed by atoms with Crippen molar-refractivity contribution in [2.75, 3.05) is 13.2 Å². The van der Waals surface area contributed by atoms with Crippen molar-refractivity contribution in [1.82, 2.24) is 9.97 Å². The van der Waals surface area contributed by atoms with E-state index in [-0.39, 0.29) is 11.7 Å². The molecule has 0 N–H and O–H groups in total. The minimum Gasteiger partial charge on any atom is -0.493 e. The molecule has 5 nitrogen and oxygen atoms in total. The van der Waals surface area contributed by atoms with Crippen LogP contribution in [-0.2, 0) is 10.3 Å². The van der Waals surface area contributed by atoms with E-state index >= 15 is 0 Å². The Hall–Kier alpha value is -2.14. The van der Waals surface area contributed by atoms with Crippen LogP contribution in [0.1, 0.15) is 117 Å². The average molecular weight is 497 g/mol. The van der Waals surface area contributed by atoms with Crippen molar-refractivity contribution in [3.05, 3.63) is 36.2 Å². The predicted octanol–water partition coefficient (Wildman–Crippen LogP) is 8.65. The third kappa shape index (κ3) is 8.19. The molecule has 1 aliphatic rings. The first-order valence-corrected chi connectivity index (χ1v) is 14.5. The smallest absolute Gasteiger partial charge is 0.163 e. The van der Waals surface area contributed by atoms with Crippen molar-refractivity contribution in [2.24, 2.45) is 0 Å². The molecule has 3 rings (SSSR count). The zero-order valence-corrected chi connectivity index (χ0v) is 23.2. The van der Waals surface area contributed by atoms with Crippen LogP contribution < -0.4 is 9.47 Å². The highest BCUT2D eigenvalue weighted by Crippen LogP contribution is 2.50. The minimum absolute atomic E-state index is 0.189. The molecule has 1 aliphatic heterocycles. The summed E-state index contributed by atoms with van der Waals surface area (Å²) in [4.78, 5) is 9.24. The molecule has 0 aliphatic carbocycles. The molecule has 2 heterocycles. The molecule has 0 bridgehead atoms. The molecule has 0 amide bonds. The summed E-state index contributed by atoms with van der Waals surface area (Å²) in [6.45, 7) is 10.2. The maximum Gasteiger partial charge on any atom is 0.163 e. The summed E-state index contributed by atoms with van der Waals surface area (Å²) in [5, 5.41) is 0. The Morgan fingerprint density at radius 1 is 0.778 bits per heavy atom. The summed E-state index contributed by atoms with van der Waals surface area (Å²) in [6.07, 6.45) is 19.7. The summed E-state index contributed by atoms with van der Waals surface area (Å²) >= 11 is 0. The summed E-state index contributed by atoms with van der Waals surface area (Å²) in [7, 11) is 0. The number of hydrogen-bond acceptors (Lipinski definition) is 5. The third-order valence-corrected chi connectivity index (χ3v) is 7.37. The summed E-state index contributed by atoms with van der Waals surface area (Å²) in [6, 6.07) is 6.38. The van der Waals surface area contributed by atoms with Gasteiger partial charge in [0.05, 0.1) is 37.3 Å². The lowest BCUT2D eigenvalue weighted by Gasteiger charge is -2.16. The molecular weight excluding hydrogens is 448 g/mol. The van der Waals surface area contributed by atoms with E-state index in [9.17, 15) is 0 Å². The van der Waals surface area contributed by atoms with E-state index in [0.717, 1.165) is 36.3 Å². The lowest BCUT2D eigenvalue weighted by Crippen LogP contribution is -2.11. The Kier molecular flexibility index (Phi) is 12.0. The second-order valence-corrected chi connectivity index (χ2v) is 10.2. The molecule has 1 unspecified atom stereocenters. The number of epoxide rings is 1. The zero-order valence-electron chi connectivity index (χ0n) is 23.2. The van der Waals surface area contributed by atoms with Gasteiger partial charge in [-0.25, -0.2) is 9.97 Å². The first-order valence-electron chi connectivity index (χ1n) is 14.5. The molecule has 2 aromatic rings. The number of unbranched alkanes of at least 4 members (excludes halogenated alkanes) is 10. The molecule has 0 saturated carbocycles. The van der Waals surface area contributed by atoms with Gasteiger partial charge in [-0.1, -0.05) is 91.0 Å². The number of benzene rings is 1. The third-order valence-electron chi connectivity index (χ3n) is 7.37. The van der Waals surface area contributed by atoms with Gasteiger partial charge in [0.15, 0.2) is 11.6 Å². The second kappa shape index (κ2) is 15.2. The zero-order chi connectivity index (χ0) is 25.6. The van der Waals surface area contributed by atoms with E-state index in [2.05, 4.69) is 55.9 Å². The van der Waals surface area contributed by atoms with E-state index in [4.69, 9.17) is 14.2 Å². The van der Waals surface area contributed by atoms with E-state index in [0.29, 0.717) is 19.0 Å². The number of aromatic nitrogens is 2. The number of hydrogen-bond donors (Lipinski definition) is 0. The standard InChI is InChI=1S/C31H48N2O3/c1-5-8-10-12-14-16-20-34-27-23-32-30(33-24-27)28-19-18-26(31(7-3)25(4)36-31)22-29(28)35-21-17-15-13-11-9-6-2/h18-19,22-25H,5-17,20-21H2,1-4H3/t25-,31?/m0/s1. The topological polar surface area (TPSA) is 56.8 Å². The highest BCUT2D eigenvalue weighted by atomic mass is 16.6. The maximum atomic E-state index is 6.32. The molecule has 0 spiro atoms. The van der Waals surface area contributed by atoms with Gasteiger partial charge in [-0.2, -0.15) is 0 Å². The summed E-state index contributed by atoms with van der Waals surface area (Å²) in [5.74, 6) is 2.24. The van der Waals surface area contributed by atoms with Crippen LogP contribution in [0.4, 0.5) is 0 Å². The van der Waals surface area contributed by atoms with E-state index in [1.807, 2.05) is 0 Å². The van der Waals surface area contributed by atoms with Crippen LogP contribution in [0.2, 0.25) is 0 Å². The predicted molar refractivity (Wildman–Crippen MR) is 148 cm³/mol. The lowest BCUT2D eigenvalue weighted by atomic mass is 9.92. The van der Waals surface area contributed by atoms with Crippen LogP contribution in [-0.4, -0.2) is 29.3 Å². The molecule has 2 atom stereocenters. The Bertz CT molecular complexity index is 882. The second-order valence-electron chi connectivity index (χ2n) is 10.2. The first kappa shape index (κ1) is 28.4. The molecule has 1 fully saturated rings. The van der Waals surface area contributed by atoms with Crippen molar-refractivity contribution >= 4 is 0 Å². The fraction of sp³-hybridized carbons (Fsp3) is 0.677. The van der Waals surface area contributed by atoms with Gasteiger partial charge in [-0.3, -0.25) is 0 Å². The molecule has 1 saturated heterocycles. The minimum atomic E-state index is -0.189. The number of rotatable bonds is 19. The quantitative estimate of drug-likeness (QED) is 0.144. The Labute approximate surface area is 219 Å². The van der Waals surface area contributed by atoms with Gasteiger partial charge in [0.1, 0.15) is 11.4 Å². The van der Waals surface area contributed by atoms with Crippen LogP contribution in [0.25, 0.3) is 11.4 Å². The van der Waals surface area contributed by atoms with Crippen molar-refractivity contribution in [1.29, 1.82) is 0 Å². The average Bonchev–Trinajstić information content (AvgIpc) is 3.59. The van der Waals surface area contributed by atoms with Gasteiger partial charge in [0.2, 0.25) is 0 Å². The van der Waals surface area contributed by atoms with Crippen LogP contribution in [0, 0.1) is 0 Å². The van der Waals surface area contributed by atoms with Crippen molar-refractivity contribution in [2.45, 2.75) is 123 Å². The van der Waals surface area contributed by atoms with Crippen LogP contribution in [0.3, 0.4) is 0 Å². The van der Waals surface area contributed by atoms with Gasteiger partial charge in [-0.05, 0) is 43.9 Å². The molecule has 1 aromatic carbocycles. The Morgan fingerprint density at radius 2 is 1.33 bits per heavy atom. The summed E-state index contributed by atoms with van der Waals surface area (Å²) < 4.78 is 18.2. The van der Waals surface area contributed by atoms with Gasteiger partial charge in [0, 0.05) is 0 Å². The van der Waals surface area contributed by atoms with Crippen LogP contribution >= 0.6 is 0 Å². The summed E-state index contributed by atoms with van der Waals surface area (Å²) in [5.41, 5.74) is 1.91. The largest absolute Gasteiger partial charge is 0.493 e. The monoisotopic (exact) mass is 496 g/mol. The highest BCUT2D eigenvalue weighted by Gasteiger charge is 2.53. The molecule has 0 radical (unpaired) electrons. The van der Waals surface area contributed by atoms with Gasteiger partial charge >= 0.3 is 0 Å². The first-order chi connectivity index (χ1) is 17.6. The van der Waals surface area contributed by atoms with Crippen molar-refractivity contribution in [3.63, 3.8) is 0 Å². The number of nitrogens with zero attached hydrogens (tertiary/aromatic N) is 2. The van der Waals surface area contributed by atoms with E-state index in [1.165, 1.54) is 69.8 Å². The molecular formula is C31H48N2O3. The van der Waals surface area contributed by atoms with Crippen LogP contribution in [0.5, 0.6) is 11.5 Å². The lowest BCUT2D eigenvalue weighted by molar-refractivity contribution is 0.286. The highest BCUT2D eigenvalue weighted by molar-refractivity contribution is 5.65. The van der Waals surface area contributed by atoms with Gasteiger partial charge in [0.25, 0.3) is 0 Å². The van der Waals surface area contributed by atoms with Crippen LogP contribution in [0.15, 0.2) is 30.6 Å².